The van der Waals surface area contributed by atoms with E-state index in [2.05, 4.69) is 5.32 Å². The van der Waals surface area contributed by atoms with Crippen molar-refractivity contribution >= 4 is 17.3 Å². The molecule has 1 aromatic carbocycles. The third-order valence-corrected chi connectivity index (χ3v) is 3.13. The fourth-order valence-electron chi connectivity index (χ4n) is 1.78. The zero-order valence-electron chi connectivity index (χ0n) is 9.24. The lowest BCUT2D eigenvalue weighted by molar-refractivity contribution is 0.0382. The van der Waals surface area contributed by atoms with Crippen LogP contribution in [0, 0.1) is 11.3 Å². The number of nitriles is 1. The molecule has 0 spiro atoms. The van der Waals surface area contributed by atoms with Gasteiger partial charge in [-0.1, -0.05) is 17.7 Å². The van der Waals surface area contributed by atoms with E-state index in [0.29, 0.717) is 42.5 Å². The number of nitrogens with zero attached hydrogens (tertiary/aromatic N) is 1. The van der Waals surface area contributed by atoms with Gasteiger partial charge in [-0.2, -0.15) is 5.26 Å². The standard InChI is InChI=1S/C12H13ClN2O2/c13-10-2-1-3-11(9(10)6-14)15-7-12(16)4-5-17-8-12/h1-3,15-16H,4-5,7-8H2. The van der Waals surface area contributed by atoms with Crippen molar-refractivity contribution in [1.29, 1.82) is 5.26 Å². The maximum atomic E-state index is 10.1. The van der Waals surface area contributed by atoms with Crippen LogP contribution in [0.15, 0.2) is 18.2 Å². The first-order valence-corrected chi connectivity index (χ1v) is 5.75. The van der Waals surface area contributed by atoms with Crippen molar-refractivity contribution in [2.75, 3.05) is 25.1 Å². The number of hydrogen-bond acceptors (Lipinski definition) is 4. The molecule has 0 bridgehead atoms. The van der Waals surface area contributed by atoms with Gasteiger partial charge in [-0.15, -0.1) is 0 Å². The minimum absolute atomic E-state index is 0.322. The summed E-state index contributed by atoms with van der Waals surface area (Å²) in [6, 6.07) is 7.24. The molecule has 1 aliphatic rings. The molecule has 1 saturated heterocycles. The van der Waals surface area contributed by atoms with Crippen LogP contribution in [-0.4, -0.2) is 30.5 Å². The molecule has 0 aromatic heterocycles. The van der Waals surface area contributed by atoms with Gasteiger partial charge in [0.1, 0.15) is 11.7 Å². The summed E-state index contributed by atoms with van der Waals surface area (Å²) < 4.78 is 5.15. The molecule has 90 valence electrons. The highest BCUT2D eigenvalue weighted by atomic mass is 35.5. The Hall–Kier alpha value is -1.28. The van der Waals surface area contributed by atoms with Gasteiger partial charge >= 0.3 is 0 Å². The first-order chi connectivity index (χ1) is 8.14. The zero-order valence-corrected chi connectivity index (χ0v) is 10.00. The van der Waals surface area contributed by atoms with Crippen LogP contribution >= 0.6 is 11.6 Å². The predicted molar refractivity (Wildman–Crippen MR) is 65.0 cm³/mol. The quantitative estimate of drug-likeness (QED) is 0.861. The van der Waals surface area contributed by atoms with Gasteiger partial charge in [-0.05, 0) is 12.1 Å². The lowest BCUT2D eigenvalue weighted by Crippen LogP contribution is -2.37. The molecule has 2 rings (SSSR count). The Labute approximate surface area is 105 Å². The SMILES string of the molecule is N#Cc1c(Cl)cccc1NCC1(O)CCOC1. The lowest BCUT2D eigenvalue weighted by Gasteiger charge is -2.21. The molecule has 0 saturated carbocycles. The van der Waals surface area contributed by atoms with E-state index >= 15 is 0 Å². The van der Waals surface area contributed by atoms with Crippen LogP contribution in [0.5, 0.6) is 0 Å². The van der Waals surface area contributed by atoms with E-state index in [0.717, 1.165) is 0 Å². The molecule has 0 radical (unpaired) electrons. The average Bonchev–Trinajstić information content (AvgIpc) is 2.74. The molecule has 17 heavy (non-hydrogen) atoms. The van der Waals surface area contributed by atoms with E-state index in [-0.39, 0.29) is 0 Å². The monoisotopic (exact) mass is 252 g/mol. The van der Waals surface area contributed by atoms with Crippen LogP contribution in [0.1, 0.15) is 12.0 Å². The molecule has 1 fully saturated rings. The summed E-state index contributed by atoms with van der Waals surface area (Å²) in [6.07, 6.45) is 0.600. The fourth-order valence-corrected chi connectivity index (χ4v) is 2.00. The minimum atomic E-state index is -0.852. The van der Waals surface area contributed by atoms with Gasteiger partial charge in [-0.3, -0.25) is 0 Å². The van der Waals surface area contributed by atoms with Gasteiger partial charge < -0.3 is 15.2 Å². The van der Waals surface area contributed by atoms with Crippen molar-refractivity contribution in [2.45, 2.75) is 12.0 Å². The second kappa shape index (κ2) is 4.92. The molecule has 1 unspecified atom stereocenters. The number of hydrogen-bond donors (Lipinski definition) is 2. The van der Waals surface area contributed by atoms with Gasteiger partial charge in [0, 0.05) is 19.6 Å². The van der Waals surface area contributed by atoms with Crippen molar-refractivity contribution in [3.8, 4) is 6.07 Å². The van der Waals surface area contributed by atoms with E-state index in [1.807, 2.05) is 6.07 Å². The second-order valence-corrected chi connectivity index (χ2v) is 4.56. The van der Waals surface area contributed by atoms with E-state index in [1.165, 1.54) is 0 Å². The molecule has 2 N–H and O–H groups in total. The summed E-state index contributed by atoms with van der Waals surface area (Å²) in [5.74, 6) is 0. The number of halogens is 1. The largest absolute Gasteiger partial charge is 0.386 e. The molecule has 0 amide bonds. The summed E-state index contributed by atoms with van der Waals surface area (Å²) in [7, 11) is 0. The van der Waals surface area contributed by atoms with Crippen LogP contribution in [0.3, 0.4) is 0 Å². The number of rotatable bonds is 3. The molecule has 1 heterocycles. The fraction of sp³-hybridized carbons (Fsp3) is 0.417. The Morgan fingerprint density at radius 2 is 2.41 bits per heavy atom. The van der Waals surface area contributed by atoms with E-state index in [9.17, 15) is 5.11 Å². The van der Waals surface area contributed by atoms with Gasteiger partial charge in [0.2, 0.25) is 0 Å². The summed E-state index contributed by atoms with van der Waals surface area (Å²) in [4.78, 5) is 0. The number of anilines is 1. The Morgan fingerprint density at radius 1 is 1.59 bits per heavy atom. The van der Waals surface area contributed by atoms with Crippen LogP contribution in [0.25, 0.3) is 0 Å². The van der Waals surface area contributed by atoms with Crippen molar-refractivity contribution < 1.29 is 9.84 Å². The summed E-state index contributed by atoms with van der Waals surface area (Å²) in [5, 5.41) is 22.5. The molecular weight excluding hydrogens is 240 g/mol. The number of benzene rings is 1. The third-order valence-electron chi connectivity index (χ3n) is 2.82. The normalized spacial score (nSPS) is 23.4. The Bertz CT molecular complexity index is 450. The van der Waals surface area contributed by atoms with Gasteiger partial charge in [0.05, 0.1) is 22.9 Å². The van der Waals surface area contributed by atoms with Gasteiger partial charge in [0.15, 0.2) is 0 Å². The Kier molecular flexibility index (Phi) is 3.53. The van der Waals surface area contributed by atoms with Crippen molar-refractivity contribution in [3.05, 3.63) is 28.8 Å². The number of nitrogens with one attached hydrogen (secondary N) is 1. The van der Waals surface area contributed by atoms with Gasteiger partial charge in [0.25, 0.3) is 0 Å². The predicted octanol–water partition coefficient (Wildman–Crippen LogP) is 1.77. The van der Waals surface area contributed by atoms with Gasteiger partial charge in [-0.25, -0.2) is 0 Å². The molecule has 1 aliphatic heterocycles. The maximum absolute atomic E-state index is 10.1. The van der Waals surface area contributed by atoms with Crippen molar-refractivity contribution in [2.24, 2.45) is 0 Å². The Balaban J connectivity index is 2.09. The van der Waals surface area contributed by atoms with Crippen molar-refractivity contribution in [1.82, 2.24) is 0 Å². The third kappa shape index (κ3) is 2.70. The van der Waals surface area contributed by atoms with E-state index in [4.69, 9.17) is 21.6 Å². The van der Waals surface area contributed by atoms with E-state index in [1.54, 1.807) is 18.2 Å². The molecule has 4 nitrogen and oxygen atoms in total. The maximum Gasteiger partial charge on any atom is 0.107 e. The highest BCUT2D eigenvalue weighted by molar-refractivity contribution is 6.32. The first-order valence-electron chi connectivity index (χ1n) is 5.37. The molecule has 0 aliphatic carbocycles. The highest BCUT2D eigenvalue weighted by Gasteiger charge is 2.32. The average molecular weight is 253 g/mol. The molecule has 1 atom stereocenters. The molecule has 5 heteroatoms. The van der Waals surface area contributed by atoms with E-state index < -0.39 is 5.60 Å². The minimum Gasteiger partial charge on any atom is -0.386 e. The smallest absolute Gasteiger partial charge is 0.107 e. The first kappa shape index (κ1) is 12.2. The van der Waals surface area contributed by atoms with Crippen LogP contribution in [0.4, 0.5) is 5.69 Å². The second-order valence-electron chi connectivity index (χ2n) is 4.15. The van der Waals surface area contributed by atoms with Crippen LogP contribution in [0.2, 0.25) is 5.02 Å². The summed E-state index contributed by atoms with van der Waals surface area (Å²) >= 11 is 5.91. The van der Waals surface area contributed by atoms with Crippen LogP contribution < -0.4 is 5.32 Å². The topological polar surface area (TPSA) is 65.3 Å². The lowest BCUT2D eigenvalue weighted by atomic mass is 10.0. The number of ether oxygens (including phenoxy) is 1. The zero-order chi connectivity index (χ0) is 12.3. The summed E-state index contributed by atoms with van der Waals surface area (Å²) in [5.41, 5.74) is 0.187. The number of aliphatic hydroxyl groups is 1. The van der Waals surface area contributed by atoms with Crippen molar-refractivity contribution in [3.63, 3.8) is 0 Å². The molecule has 1 aromatic rings. The molecular formula is C12H13ClN2O2. The van der Waals surface area contributed by atoms with Crippen LogP contribution in [-0.2, 0) is 4.74 Å². The highest BCUT2D eigenvalue weighted by Crippen LogP contribution is 2.25. The summed E-state index contributed by atoms with van der Waals surface area (Å²) in [6.45, 7) is 1.24. The Morgan fingerprint density at radius 3 is 3.06 bits per heavy atom.